The topological polar surface area (TPSA) is 46.5 Å². The van der Waals surface area contributed by atoms with E-state index in [-0.39, 0.29) is 11.4 Å². The summed E-state index contributed by atoms with van der Waals surface area (Å²) in [6, 6.07) is 5.38. The van der Waals surface area contributed by atoms with Crippen LogP contribution in [0.5, 0.6) is 0 Å². The Kier molecular flexibility index (Phi) is 2.77. The van der Waals surface area contributed by atoms with E-state index in [1.807, 2.05) is 6.92 Å². The van der Waals surface area contributed by atoms with Gasteiger partial charge in [0.2, 0.25) is 0 Å². The van der Waals surface area contributed by atoms with Gasteiger partial charge in [-0.1, -0.05) is 18.2 Å². The Morgan fingerprint density at radius 3 is 2.70 bits per heavy atom. The molecule has 0 fully saturated rings. The lowest BCUT2D eigenvalue weighted by Crippen LogP contribution is -2.07. The molecule has 2 heterocycles. The van der Waals surface area contributed by atoms with E-state index >= 15 is 0 Å². The van der Waals surface area contributed by atoms with Gasteiger partial charge in [0.05, 0.1) is 11.8 Å². The van der Waals surface area contributed by atoms with Crippen molar-refractivity contribution in [3.8, 4) is 11.4 Å². The van der Waals surface area contributed by atoms with Crippen LogP contribution in [0, 0.1) is 0 Å². The van der Waals surface area contributed by atoms with Crippen LogP contribution in [0.4, 0.5) is 13.2 Å². The van der Waals surface area contributed by atoms with Gasteiger partial charge in [-0.05, 0) is 13.0 Å². The third-order valence-corrected chi connectivity index (χ3v) is 3.07. The molecular weight excluding hydrogens is 269 g/mol. The number of aromatic amines is 1. The van der Waals surface area contributed by atoms with E-state index in [1.165, 1.54) is 12.1 Å². The van der Waals surface area contributed by atoms with Gasteiger partial charge in [0.25, 0.3) is 0 Å². The molecule has 1 aromatic carbocycles. The molecule has 0 radical (unpaired) electrons. The van der Waals surface area contributed by atoms with Crippen LogP contribution in [0.1, 0.15) is 12.5 Å². The first-order valence-corrected chi connectivity index (χ1v) is 6.09. The fourth-order valence-electron chi connectivity index (χ4n) is 2.14. The van der Waals surface area contributed by atoms with Crippen LogP contribution in [0.25, 0.3) is 22.6 Å². The van der Waals surface area contributed by atoms with E-state index in [1.54, 1.807) is 16.9 Å². The Hall–Kier alpha value is -2.31. The molecule has 0 aliphatic carbocycles. The molecule has 7 heteroatoms. The van der Waals surface area contributed by atoms with Gasteiger partial charge in [-0.25, -0.2) is 9.67 Å². The van der Waals surface area contributed by atoms with Gasteiger partial charge in [0.15, 0.2) is 5.65 Å². The van der Waals surface area contributed by atoms with Crippen molar-refractivity contribution in [3.63, 3.8) is 0 Å². The molecule has 0 amide bonds. The highest BCUT2D eigenvalue weighted by Crippen LogP contribution is 2.36. The van der Waals surface area contributed by atoms with Crippen molar-refractivity contribution < 1.29 is 13.2 Å². The Morgan fingerprint density at radius 1 is 1.25 bits per heavy atom. The van der Waals surface area contributed by atoms with Crippen molar-refractivity contribution in [1.82, 2.24) is 19.7 Å². The summed E-state index contributed by atoms with van der Waals surface area (Å²) in [5.41, 5.74) is 0.518. The molecule has 1 N–H and O–H groups in total. The monoisotopic (exact) mass is 280 g/mol. The second kappa shape index (κ2) is 4.36. The minimum absolute atomic E-state index is 0.0406. The zero-order valence-corrected chi connectivity index (χ0v) is 10.6. The summed E-state index contributed by atoms with van der Waals surface area (Å²) in [5, 5.41) is 4.08. The SMILES string of the molecule is CCn1ncc2[nH]c(-c3ccccc3C(F)(F)F)nc21. The number of H-pyrrole nitrogens is 1. The fourth-order valence-corrected chi connectivity index (χ4v) is 2.14. The number of benzene rings is 1. The average Bonchev–Trinajstić information content (AvgIpc) is 2.97. The van der Waals surface area contributed by atoms with Crippen molar-refractivity contribution in [2.24, 2.45) is 0 Å². The number of halogens is 3. The molecule has 4 nitrogen and oxygen atoms in total. The molecule has 0 atom stereocenters. The number of alkyl halides is 3. The second-order valence-electron chi connectivity index (χ2n) is 4.33. The molecular formula is C13H11F3N4. The molecule has 0 spiro atoms. The number of hydrogen-bond donors (Lipinski definition) is 1. The molecule has 104 valence electrons. The maximum absolute atomic E-state index is 13.0. The molecule has 3 aromatic rings. The molecule has 2 aromatic heterocycles. The van der Waals surface area contributed by atoms with Gasteiger partial charge >= 0.3 is 6.18 Å². The molecule has 0 saturated heterocycles. The van der Waals surface area contributed by atoms with Crippen LogP contribution < -0.4 is 0 Å². The summed E-state index contributed by atoms with van der Waals surface area (Å²) >= 11 is 0. The molecule has 3 rings (SSSR count). The Bertz CT molecular complexity index is 754. The largest absolute Gasteiger partial charge is 0.417 e. The summed E-state index contributed by atoms with van der Waals surface area (Å²) in [4.78, 5) is 7.12. The third kappa shape index (κ3) is 1.95. The summed E-state index contributed by atoms with van der Waals surface area (Å²) < 4.78 is 40.6. The maximum Gasteiger partial charge on any atom is 0.417 e. The maximum atomic E-state index is 13.0. The normalized spacial score (nSPS) is 12.2. The number of aryl methyl sites for hydroxylation is 1. The fraction of sp³-hybridized carbons (Fsp3) is 0.231. The number of nitrogens with one attached hydrogen (secondary N) is 1. The predicted octanol–water partition coefficient (Wildman–Crippen LogP) is 3.47. The van der Waals surface area contributed by atoms with E-state index in [4.69, 9.17) is 0 Å². The number of aromatic nitrogens is 4. The summed E-state index contributed by atoms with van der Waals surface area (Å²) in [7, 11) is 0. The van der Waals surface area contributed by atoms with Crippen LogP contribution in [0.2, 0.25) is 0 Å². The molecule has 0 saturated carbocycles. The number of fused-ring (bicyclic) bond motifs is 1. The van der Waals surface area contributed by atoms with E-state index in [2.05, 4.69) is 15.1 Å². The first kappa shape index (κ1) is 12.7. The van der Waals surface area contributed by atoms with E-state index in [9.17, 15) is 13.2 Å². The van der Waals surface area contributed by atoms with E-state index in [0.717, 1.165) is 6.07 Å². The Balaban J connectivity index is 2.18. The number of rotatable bonds is 2. The second-order valence-corrected chi connectivity index (χ2v) is 4.33. The first-order chi connectivity index (χ1) is 9.50. The minimum atomic E-state index is -4.41. The van der Waals surface area contributed by atoms with Gasteiger partial charge in [-0.3, -0.25) is 0 Å². The quantitative estimate of drug-likeness (QED) is 0.781. The lowest BCUT2D eigenvalue weighted by molar-refractivity contribution is -0.137. The van der Waals surface area contributed by atoms with Crippen molar-refractivity contribution >= 4 is 11.2 Å². The Morgan fingerprint density at radius 2 is 2.00 bits per heavy atom. The highest BCUT2D eigenvalue weighted by molar-refractivity contribution is 5.77. The van der Waals surface area contributed by atoms with Gasteiger partial charge in [0.1, 0.15) is 11.3 Å². The molecule has 0 aliphatic heterocycles. The minimum Gasteiger partial charge on any atom is -0.335 e. The van der Waals surface area contributed by atoms with Gasteiger partial charge in [-0.2, -0.15) is 18.3 Å². The zero-order valence-electron chi connectivity index (χ0n) is 10.6. The Labute approximate surface area is 112 Å². The van der Waals surface area contributed by atoms with E-state index < -0.39 is 11.7 Å². The molecule has 0 bridgehead atoms. The lowest BCUT2D eigenvalue weighted by Gasteiger charge is -2.10. The molecule has 0 aliphatic rings. The van der Waals surface area contributed by atoms with Crippen molar-refractivity contribution in [2.45, 2.75) is 19.6 Å². The van der Waals surface area contributed by atoms with Crippen LogP contribution >= 0.6 is 0 Å². The summed E-state index contributed by atoms with van der Waals surface area (Å²) in [5.74, 6) is 0.201. The number of nitrogens with zero attached hydrogens (tertiary/aromatic N) is 3. The van der Waals surface area contributed by atoms with Crippen molar-refractivity contribution in [2.75, 3.05) is 0 Å². The van der Waals surface area contributed by atoms with Gasteiger partial charge in [-0.15, -0.1) is 0 Å². The van der Waals surface area contributed by atoms with Gasteiger partial charge < -0.3 is 4.98 Å². The highest BCUT2D eigenvalue weighted by atomic mass is 19.4. The molecule has 0 unspecified atom stereocenters. The number of imidazole rings is 1. The summed E-state index contributed by atoms with van der Waals surface area (Å²) in [6.45, 7) is 2.50. The third-order valence-electron chi connectivity index (χ3n) is 3.07. The smallest absolute Gasteiger partial charge is 0.335 e. The van der Waals surface area contributed by atoms with Crippen molar-refractivity contribution in [1.29, 1.82) is 0 Å². The number of hydrogen-bond acceptors (Lipinski definition) is 2. The van der Waals surface area contributed by atoms with Crippen LogP contribution in [-0.4, -0.2) is 19.7 Å². The standard InChI is InChI=1S/C13H11F3N4/c1-2-20-12-10(7-17-20)18-11(19-12)8-5-3-4-6-9(8)13(14,15)16/h3-7H,2H2,1H3,(H,18,19). The highest BCUT2D eigenvalue weighted by Gasteiger charge is 2.34. The van der Waals surface area contributed by atoms with E-state index in [0.29, 0.717) is 17.7 Å². The first-order valence-electron chi connectivity index (χ1n) is 6.09. The average molecular weight is 280 g/mol. The van der Waals surface area contributed by atoms with Crippen LogP contribution in [-0.2, 0) is 12.7 Å². The van der Waals surface area contributed by atoms with Gasteiger partial charge in [0, 0.05) is 12.1 Å². The van der Waals surface area contributed by atoms with Crippen LogP contribution in [0.3, 0.4) is 0 Å². The molecule has 20 heavy (non-hydrogen) atoms. The van der Waals surface area contributed by atoms with Crippen LogP contribution in [0.15, 0.2) is 30.5 Å². The predicted molar refractivity (Wildman–Crippen MR) is 68.0 cm³/mol. The summed E-state index contributed by atoms with van der Waals surface area (Å²) in [6.07, 6.45) is -2.85. The lowest BCUT2D eigenvalue weighted by atomic mass is 10.1. The zero-order chi connectivity index (χ0) is 14.3. The van der Waals surface area contributed by atoms with Crippen molar-refractivity contribution in [3.05, 3.63) is 36.0 Å².